The van der Waals surface area contributed by atoms with Crippen LogP contribution in [0.3, 0.4) is 0 Å². The highest BCUT2D eigenvalue weighted by Gasteiger charge is 2.23. The molecule has 1 heterocycles. The average Bonchev–Trinajstić information content (AvgIpc) is 3.10. The second kappa shape index (κ2) is 6.75. The first-order valence-electron chi connectivity index (χ1n) is 7.74. The minimum atomic E-state index is -0.534. The Morgan fingerprint density at radius 1 is 1.33 bits per heavy atom. The van der Waals surface area contributed by atoms with Gasteiger partial charge in [0.05, 0.1) is 4.92 Å². The van der Waals surface area contributed by atoms with Crippen molar-refractivity contribution in [2.24, 2.45) is 5.73 Å². The number of nitrogens with two attached hydrogens (primary N) is 1. The van der Waals surface area contributed by atoms with Gasteiger partial charge >= 0.3 is 0 Å². The zero-order chi connectivity index (χ0) is 17.1. The highest BCUT2D eigenvalue weighted by atomic mass is 16.6. The molecule has 0 atom stereocenters. The van der Waals surface area contributed by atoms with E-state index in [9.17, 15) is 14.9 Å². The Morgan fingerprint density at radius 2 is 2.08 bits per heavy atom. The van der Waals surface area contributed by atoms with Crippen LogP contribution in [0.4, 0.5) is 5.69 Å². The molecular formula is C15H18N6O3. The Labute approximate surface area is 138 Å². The van der Waals surface area contributed by atoms with Crippen molar-refractivity contribution in [1.82, 2.24) is 20.1 Å². The predicted octanol–water partition coefficient (Wildman–Crippen LogP) is 1.18. The molecule has 0 bridgehead atoms. The van der Waals surface area contributed by atoms with E-state index >= 15 is 0 Å². The van der Waals surface area contributed by atoms with Gasteiger partial charge in [0, 0.05) is 23.7 Å². The first-order valence-corrected chi connectivity index (χ1v) is 7.74. The zero-order valence-electron chi connectivity index (χ0n) is 13.0. The van der Waals surface area contributed by atoms with Crippen LogP contribution in [0.2, 0.25) is 0 Å². The van der Waals surface area contributed by atoms with Crippen molar-refractivity contribution in [3.63, 3.8) is 0 Å². The molecule has 0 unspecified atom stereocenters. The van der Waals surface area contributed by atoms with Gasteiger partial charge in [-0.3, -0.25) is 14.9 Å². The second-order valence-corrected chi connectivity index (χ2v) is 5.89. The van der Waals surface area contributed by atoms with E-state index in [2.05, 4.69) is 15.4 Å². The lowest BCUT2D eigenvalue weighted by atomic mass is 9.91. The molecular weight excluding hydrogens is 312 g/mol. The summed E-state index contributed by atoms with van der Waals surface area (Å²) in [6, 6.07) is 4.57. The minimum Gasteiger partial charge on any atom is -0.349 e. The maximum atomic E-state index is 12.4. The number of carbonyl (C=O) groups excluding carboxylic acids is 1. The van der Waals surface area contributed by atoms with Crippen LogP contribution in [0.5, 0.6) is 0 Å². The van der Waals surface area contributed by atoms with Gasteiger partial charge in [0.2, 0.25) is 0 Å². The molecule has 0 saturated heterocycles. The van der Waals surface area contributed by atoms with Gasteiger partial charge in [-0.15, -0.1) is 0 Å². The van der Waals surface area contributed by atoms with Gasteiger partial charge in [-0.1, -0.05) is 0 Å². The summed E-state index contributed by atoms with van der Waals surface area (Å²) < 4.78 is 1.29. The number of nitro benzene ring substituents is 1. The lowest BCUT2D eigenvalue weighted by Crippen LogP contribution is -2.40. The number of hydrogen-bond donors (Lipinski definition) is 2. The van der Waals surface area contributed by atoms with E-state index in [0.717, 1.165) is 25.7 Å². The monoisotopic (exact) mass is 330 g/mol. The fourth-order valence-corrected chi connectivity index (χ4v) is 2.87. The molecule has 1 aliphatic carbocycles. The van der Waals surface area contributed by atoms with E-state index in [1.807, 2.05) is 0 Å². The fraction of sp³-hybridized carbons (Fsp3) is 0.400. The van der Waals surface area contributed by atoms with Gasteiger partial charge < -0.3 is 11.1 Å². The topological polar surface area (TPSA) is 129 Å². The standard InChI is InChI=1S/C15H18N6O3/c16-11-2-4-12(5-3-11)19-15(22)10-1-6-13(14(7-10)21(23)24)20-9-17-8-18-20/h1,6-9,11-12H,2-5,16H2,(H,19,22). The van der Waals surface area contributed by atoms with Crippen LogP contribution >= 0.6 is 0 Å². The molecule has 1 aliphatic rings. The molecule has 0 radical (unpaired) electrons. The Hall–Kier alpha value is -2.81. The third-order valence-electron chi connectivity index (χ3n) is 4.21. The summed E-state index contributed by atoms with van der Waals surface area (Å²) in [5.74, 6) is -0.316. The number of nitrogens with one attached hydrogen (secondary N) is 1. The van der Waals surface area contributed by atoms with Crippen LogP contribution in [-0.2, 0) is 0 Å². The van der Waals surface area contributed by atoms with Crippen molar-refractivity contribution in [3.8, 4) is 5.69 Å². The third-order valence-corrected chi connectivity index (χ3v) is 4.21. The maximum Gasteiger partial charge on any atom is 0.295 e. The van der Waals surface area contributed by atoms with E-state index in [4.69, 9.17) is 5.73 Å². The molecule has 126 valence electrons. The molecule has 2 aromatic rings. The van der Waals surface area contributed by atoms with E-state index in [1.54, 1.807) is 6.07 Å². The van der Waals surface area contributed by atoms with Gasteiger partial charge in [0.25, 0.3) is 11.6 Å². The summed E-state index contributed by atoms with van der Waals surface area (Å²) in [5, 5.41) is 18.1. The number of rotatable bonds is 4. The maximum absolute atomic E-state index is 12.4. The summed E-state index contributed by atoms with van der Waals surface area (Å²) in [6.07, 6.45) is 6.05. The molecule has 3 N–H and O–H groups in total. The molecule has 24 heavy (non-hydrogen) atoms. The Kier molecular flexibility index (Phi) is 4.52. The molecule has 9 heteroatoms. The van der Waals surface area contributed by atoms with Crippen LogP contribution in [0, 0.1) is 10.1 Å². The SMILES string of the molecule is NC1CCC(NC(=O)c2ccc(-n3cncn3)c([N+](=O)[O-])c2)CC1. The van der Waals surface area contributed by atoms with Gasteiger partial charge in [0.1, 0.15) is 18.3 Å². The first kappa shape index (κ1) is 16.1. The Balaban J connectivity index is 1.80. The van der Waals surface area contributed by atoms with Crippen LogP contribution < -0.4 is 11.1 Å². The van der Waals surface area contributed by atoms with E-state index in [-0.39, 0.29) is 34.9 Å². The molecule has 0 aliphatic heterocycles. The number of hydrogen-bond acceptors (Lipinski definition) is 6. The molecule has 0 spiro atoms. The lowest BCUT2D eigenvalue weighted by molar-refractivity contribution is -0.384. The van der Waals surface area contributed by atoms with Crippen molar-refractivity contribution >= 4 is 11.6 Å². The number of nitro groups is 1. The number of aromatic nitrogens is 3. The smallest absolute Gasteiger partial charge is 0.295 e. The highest BCUT2D eigenvalue weighted by Crippen LogP contribution is 2.24. The number of amides is 1. The molecule has 3 rings (SSSR count). The largest absolute Gasteiger partial charge is 0.349 e. The molecule has 9 nitrogen and oxygen atoms in total. The van der Waals surface area contributed by atoms with Crippen LogP contribution in [0.15, 0.2) is 30.9 Å². The van der Waals surface area contributed by atoms with Gasteiger partial charge in [0.15, 0.2) is 0 Å². The molecule has 1 aromatic carbocycles. The van der Waals surface area contributed by atoms with Crippen LogP contribution in [-0.4, -0.2) is 37.7 Å². The number of carbonyl (C=O) groups is 1. The van der Waals surface area contributed by atoms with E-state index in [1.165, 1.54) is 29.5 Å². The second-order valence-electron chi connectivity index (χ2n) is 5.89. The quantitative estimate of drug-likeness (QED) is 0.639. The number of benzene rings is 1. The summed E-state index contributed by atoms with van der Waals surface area (Å²) >= 11 is 0. The predicted molar refractivity (Wildman–Crippen MR) is 85.7 cm³/mol. The molecule has 1 saturated carbocycles. The first-order chi connectivity index (χ1) is 11.5. The van der Waals surface area contributed by atoms with Crippen molar-refractivity contribution in [2.75, 3.05) is 0 Å². The minimum absolute atomic E-state index is 0.0614. The van der Waals surface area contributed by atoms with Crippen molar-refractivity contribution in [1.29, 1.82) is 0 Å². The fourth-order valence-electron chi connectivity index (χ4n) is 2.87. The summed E-state index contributed by atoms with van der Waals surface area (Å²) in [4.78, 5) is 26.9. The summed E-state index contributed by atoms with van der Waals surface area (Å²) in [6.45, 7) is 0. The summed E-state index contributed by atoms with van der Waals surface area (Å²) in [5.41, 5.74) is 6.17. The summed E-state index contributed by atoms with van der Waals surface area (Å²) in [7, 11) is 0. The average molecular weight is 330 g/mol. The van der Waals surface area contributed by atoms with Gasteiger partial charge in [-0.25, -0.2) is 9.67 Å². The highest BCUT2D eigenvalue weighted by molar-refractivity contribution is 5.95. The van der Waals surface area contributed by atoms with Gasteiger partial charge in [-0.05, 0) is 37.8 Å². The van der Waals surface area contributed by atoms with Crippen molar-refractivity contribution in [2.45, 2.75) is 37.8 Å². The third kappa shape index (κ3) is 3.40. The van der Waals surface area contributed by atoms with E-state index < -0.39 is 4.92 Å². The zero-order valence-corrected chi connectivity index (χ0v) is 13.0. The molecule has 1 aromatic heterocycles. The lowest BCUT2D eigenvalue weighted by Gasteiger charge is -2.26. The van der Waals surface area contributed by atoms with E-state index in [0.29, 0.717) is 0 Å². The van der Waals surface area contributed by atoms with Crippen molar-refractivity contribution < 1.29 is 9.72 Å². The van der Waals surface area contributed by atoms with Crippen LogP contribution in [0.1, 0.15) is 36.0 Å². The van der Waals surface area contributed by atoms with Crippen LogP contribution in [0.25, 0.3) is 5.69 Å². The Bertz CT molecular complexity index is 738. The molecule has 1 fully saturated rings. The normalized spacial score (nSPS) is 20.5. The van der Waals surface area contributed by atoms with Gasteiger partial charge in [-0.2, -0.15) is 5.10 Å². The number of nitrogens with zero attached hydrogens (tertiary/aromatic N) is 4. The van der Waals surface area contributed by atoms with Crippen molar-refractivity contribution in [3.05, 3.63) is 46.5 Å². The Morgan fingerprint density at radius 3 is 2.71 bits per heavy atom. The molecule has 1 amide bonds.